The van der Waals surface area contributed by atoms with Crippen LogP contribution in [0.5, 0.6) is 0 Å². The summed E-state index contributed by atoms with van der Waals surface area (Å²) < 4.78 is 41.7. The maximum Gasteiger partial charge on any atom is 0.416 e. The highest BCUT2D eigenvalue weighted by molar-refractivity contribution is 6.34. The van der Waals surface area contributed by atoms with Crippen molar-refractivity contribution >= 4 is 22.6 Å². The van der Waals surface area contributed by atoms with Crippen molar-refractivity contribution in [1.29, 1.82) is 0 Å². The van der Waals surface area contributed by atoms with Crippen molar-refractivity contribution in [3.8, 4) is 0 Å². The first-order chi connectivity index (χ1) is 6.48. The Morgan fingerprint density at radius 1 is 1.29 bits per heavy atom. The quantitative estimate of drug-likeness (QED) is 0.655. The minimum atomic E-state index is -4.39. The van der Waals surface area contributed by atoms with Gasteiger partial charge in [-0.1, -0.05) is 11.6 Å². The van der Waals surface area contributed by atoms with Gasteiger partial charge in [0.15, 0.2) is 11.8 Å². The summed E-state index contributed by atoms with van der Waals surface area (Å²) in [5, 5.41) is 0.237. The van der Waals surface area contributed by atoms with Crippen LogP contribution >= 0.6 is 11.6 Å². The van der Waals surface area contributed by atoms with Gasteiger partial charge in [0.05, 0.1) is 10.6 Å². The SMILES string of the molecule is FC(F)(F)c1cc(Cl)c2o[c]cc2c1. The van der Waals surface area contributed by atoms with Crippen LogP contribution in [0.4, 0.5) is 13.2 Å². The van der Waals surface area contributed by atoms with Crippen LogP contribution in [-0.2, 0) is 6.18 Å². The summed E-state index contributed by atoms with van der Waals surface area (Å²) in [5.74, 6) is 0. The molecule has 1 aromatic carbocycles. The van der Waals surface area contributed by atoms with Gasteiger partial charge in [-0.25, -0.2) is 0 Å². The van der Waals surface area contributed by atoms with Crippen molar-refractivity contribution in [2.24, 2.45) is 0 Å². The predicted octanol–water partition coefficient (Wildman–Crippen LogP) is 3.91. The predicted molar refractivity (Wildman–Crippen MR) is 45.1 cm³/mol. The monoisotopic (exact) mass is 219 g/mol. The van der Waals surface area contributed by atoms with E-state index in [1.54, 1.807) is 0 Å². The number of hydrogen-bond acceptors (Lipinski definition) is 1. The topological polar surface area (TPSA) is 13.1 Å². The van der Waals surface area contributed by atoms with Crippen LogP contribution in [0.2, 0.25) is 5.02 Å². The van der Waals surface area contributed by atoms with E-state index in [4.69, 9.17) is 16.0 Å². The molecular formula is C9H3ClF3O. The van der Waals surface area contributed by atoms with Crippen LogP contribution in [0.1, 0.15) is 5.56 Å². The molecule has 0 fully saturated rings. The second kappa shape index (κ2) is 2.92. The van der Waals surface area contributed by atoms with Crippen LogP contribution in [0.25, 0.3) is 11.0 Å². The lowest BCUT2D eigenvalue weighted by Gasteiger charge is -2.06. The highest BCUT2D eigenvalue weighted by atomic mass is 35.5. The number of halogens is 4. The van der Waals surface area contributed by atoms with Gasteiger partial charge >= 0.3 is 6.18 Å². The van der Waals surface area contributed by atoms with Crippen molar-refractivity contribution in [3.05, 3.63) is 35.0 Å². The van der Waals surface area contributed by atoms with E-state index in [9.17, 15) is 13.2 Å². The highest BCUT2D eigenvalue weighted by Gasteiger charge is 2.31. The molecule has 0 amide bonds. The Morgan fingerprint density at radius 2 is 2.00 bits per heavy atom. The maximum absolute atomic E-state index is 12.3. The summed E-state index contributed by atoms with van der Waals surface area (Å²) in [6.07, 6.45) is -2.06. The van der Waals surface area contributed by atoms with E-state index in [0.717, 1.165) is 12.1 Å². The fraction of sp³-hybridized carbons (Fsp3) is 0.111. The summed E-state index contributed by atoms with van der Waals surface area (Å²) >= 11 is 5.60. The Bertz CT molecular complexity index is 472. The lowest BCUT2D eigenvalue weighted by atomic mass is 10.1. The van der Waals surface area contributed by atoms with Crippen molar-refractivity contribution in [1.82, 2.24) is 0 Å². The number of hydrogen-bond donors (Lipinski definition) is 0. The summed E-state index contributed by atoms with van der Waals surface area (Å²) in [7, 11) is 0. The third kappa shape index (κ3) is 1.46. The Balaban J connectivity index is 2.70. The first-order valence-electron chi connectivity index (χ1n) is 3.65. The lowest BCUT2D eigenvalue weighted by molar-refractivity contribution is -0.137. The lowest BCUT2D eigenvalue weighted by Crippen LogP contribution is -2.04. The average Bonchev–Trinajstić information content (AvgIpc) is 2.50. The van der Waals surface area contributed by atoms with E-state index in [1.807, 2.05) is 0 Å². The molecule has 0 unspecified atom stereocenters. The zero-order chi connectivity index (χ0) is 10.3. The second-order valence-corrected chi connectivity index (χ2v) is 3.15. The van der Waals surface area contributed by atoms with Gasteiger partial charge < -0.3 is 4.42 Å². The molecule has 73 valence electrons. The average molecular weight is 220 g/mol. The molecule has 1 aromatic heterocycles. The van der Waals surface area contributed by atoms with Gasteiger partial charge in [-0.15, -0.1) is 0 Å². The van der Waals surface area contributed by atoms with E-state index in [2.05, 4.69) is 6.26 Å². The molecule has 0 saturated carbocycles. The second-order valence-electron chi connectivity index (χ2n) is 2.74. The van der Waals surface area contributed by atoms with E-state index >= 15 is 0 Å². The summed E-state index contributed by atoms with van der Waals surface area (Å²) in [6.45, 7) is 0. The molecule has 2 aromatic rings. The highest BCUT2D eigenvalue weighted by Crippen LogP contribution is 2.35. The minimum absolute atomic E-state index is 0.0592. The first kappa shape index (κ1) is 9.40. The molecule has 0 spiro atoms. The molecule has 0 aliphatic heterocycles. The summed E-state index contributed by atoms with van der Waals surface area (Å²) in [5.41, 5.74) is -0.565. The van der Waals surface area contributed by atoms with Gasteiger partial charge in [0.25, 0.3) is 0 Å². The maximum atomic E-state index is 12.3. The van der Waals surface area contributed by atoms with Crippen LogP contribution in [0.3, 0.4) is 0 Å². The van der Waals surface area contributed by atoms with Crippen molar-refractivity contribution in [2.75, 3.05) is 0 Å². The zero-order valence-electron chi connectivity index (χ0n) is 6.65. The van der Waals surface area contributed by atoms with Crippen LogP contribution < -0.4 is 0 Å². The Hall–Kier alpha value is -1.16. The van der Waals surface area contributed by atoms with E-state index in [-0.39, 0.29) is 10.6 Å². The molecule has 2 rings (SSSR count). The molecule has 1 nitrogen and oxygen atoms in total. The van der Waals surface area contributed by atoms with Gasteiger partial charge in [-0.3, -0.25) is 0 Å². The largest absolute Gasteiger partial charge is 0.451 e. The molecule has 14 heavy (non-hydrogen) atoms. The van der Waals surface area contributed by atoms with Gasteiger partial charge in [0.1, 0.15) is 0 Å². The molecule has 1 heterocycles. The Morgan fingerprint density at radius 3 is 2.64 bits per heavy atom. The number of rotatable bonds is 0. The molecular weight excluding hydrogens is 217 g/mol. The van der Waals surface area contributed by atoms with Gasteiger partial charge in [0.2, 0.25) is 0 Å². The molecule has 0 saturated heterocycles. The number of furan rings is 1. The van der Waals surface area contributed by atoms with E-state index in [0.29, 0.717) is 5.39 Å². The number of alkyl halides is 3. The van der Waals surface area contributed by atoms with Gasteiger partial charge in [-0.2, -0.15) is 13.2 Å². The summed E-state index contributed by atoms with van der Waals surface area (Å²) in [4.78, 5) is 0. The van der Waals surface area contributed by atoms with E-state index in [1.165, 1.54) is 6.07 Å². The fourth-order valence-electron chi connectivity index (χ4n) is 1.15. The number of benzene rings is 1. The minimum Gasteiger partial charge on any atom is -0.451 e. The van der Waals surface area contributed by atoms with Crippen LogP contribution in [0, 0.1) is 6.26 Å². The van der Waals surface area contributed by atoms with Gasteiger partial charge in [-0.05, 0) is 18.2 Å². The molecule has 0 N–H and O–H groups in total. The summed E-state index contributed by atoms with van der Waals surface area (Å²) in [6, 6.07) is 3.12. The number of fused-ring (bicyclic) bond motifs is 1. The van der Waals surface area contributed by atoms with Crippen molar-refractivity contribution < 1.29 is 17.6 Å². The molecule has 5 heteroatoms. The third-order valence-corrected chi connectivity index (χ3v) is 2.06. The van der Waals surface area contributed by atoms with E-state index < -0.39 is 11.7 Å². The molecule has 1 radical (unpaired) electrons. The van der Waals surface area contributed by atoms with Crippen LogP contribution in [0.15, 0.2) is 22.6 Å². The zero-order valence-corrected chi connectivity index (χ0v) is 7.41. The molecule has 0 aliphatic rings. The standard InChI is InChI=1S/C9H3ClF3O/c10-7-4-6(9(11,12)13)3-5-1-2-14-8(5)7/h1,3-4H. The smallest absolute Gasteiger partial charge is 0.416 e. The molecule has 0 aliphatic carbocycles. The third-order valence-electron chi connectivity index (χ3n) is 1.78. The Labute approximate surface area is 82.1 Å². The van der Waals surface area contributed by atoms with Gasteiger partial charge in [0, 0.05) is 5.39 Å². The van der Waals surface area contributed by atoms with Crippen LogP contribution in [-0.4, -0.2) is 0 Å². The van der Waals surface area contributed by atoms with Crippen molar-refractivity contribution in [2.45, 2.75) is 6.18 Å². The molecule has 0 bridgehead atoms. The van der Waals surface area contributed by atoms with Crippen molar-refractivity contribution in [3.63, 3.8) is 0 Å². The first-order valence-corrected chi connectivity index (χ1v) is 4.02. The fourth-order valence-corrected chi connectivity index (χ4v) is 1.41. The Kier molecular flexibility index (Phi) is 1.96. The normalized spacial score (nSPS) is 12.3. The molecule has 0 atom stereocenters.